The number of thiocarbonyl (C=S) groups is 1. The second-order valence-corrected chi connectivity index (χ2v) is 8.63. The van der Waals surface area contributed by atoms with Gasteiger partial charge in [0.25, 0.3) is 5.91 Å². The van der Waals surface area contributed by atoms with Crippen LogP contribution in [0.1, 0.15) is 16.7 Å². The van der Waals surface area contributed by atoms with Gasteiger partial charge >= 0.3 is 0 Å². The zero-order valence-corrected chi connectivity index (χ0v) is 18.1. The van der Waals surface area contributed by atoms with E-state index in [4.69, 9.17) is 21.7 Å². The Bertz CT molecular complexity index is 927. The molecule has 1 heterocycles. The summed E-state index contributed by atoms with van der Waals surface area (Å²) in [5.74, 6) is 1.36. The SMILES string of the molecule is Cc1ccc(C)c(OCCOc2ccc(Br)cc2/C=C2\SC(=S)NC2=O)c1. The van der Waals surface area contributed by atoms with E-state index in [1.54, 1.807) is 6.08 Å². The molecule has 1 saturated heterocycles. The van der Waals surface area contributed by atoms with Crippen LogP contribution in [0, 0.1) is 13.8 Å². The number of carbonyl (C=O) groups is 1. The summed E-state index contributed by atoms with van der Waals surface area (Å²) >= 11 is 9.74. The summed E-state index contributed by atoms with van der Waals surface area (Å²) in [6, 6.07) is 11.8. The Labute approximate surface area is 176 Å². The van der Waals surface area contributed by atoms with Crippen molar-refractivity contribution in [3.63, 3.8) is 0 Å². The van der Waals surface area contributed by atoms with Crippen molar-refractivity contribution >= 4 is 56.2 Å². The fourth-order valence-electron chi connectivity index (χ4n) is 2.49. The number of carbonyl (C=O) groups excluding carboxylic acids is 1. The molecule has 1 aliphatic heterocycles. The van der Waals surface area contributed by atoms with Gasteiger partial charge in [-0.05, 0) is 55.3 Å². The molecule has 140 valence electrons. The zero-order valence-electron chi connectivity index (χ0n) is 14.9. The first-order valence-electron chi connectivity index (χ1n) is 8.29. The highest BCUT2D eigenvalue weighted by molar-refractivity contribution is 9.10. The van der Waals surface area contributed by atoms with Crippen LogP contribution in [0.4, 0.5) is 0 Å². The molecular weight excluding hydrogens is 446 g/mol. The van der Waals surface area contributed by atoms with Gasteiger partial charge in [-0.25, -0.2) is 0 Å². The second kappa shape index (κ2) is 8.91. The van der Waals surface area contributed by atoms with Crippen molar-refractivity contribution in [1.82, 2.24) is 5.32 Å². The Morgan fingerprint density at radius 1 is 1.11 bits per heavy atom. The summed E-state index contributed by atoms with van der Waals surface area (Å²) in [5.41, 5.74) is 3.05. The normalized spacial score (nSPS) is 15.1. The third-order valence-electron chi connectivity index (χ3n) is 3.84. The summed E-state index contributed by atoms with van der Waals surface area (Å²) in [6.45, 7) is 4.87. The molecule has 7 heteroatoms. The predicted octanol–water partition coefficient (Wildman–Crippen LogP) is 5.01. The number of hydrogen-bond donors (Lipinski definition) is 1. The van der Waals surface area contributed by atoms with Gasteiger partial charge < -0.3 is 14.8 Å². The van der Waals surface area contributed by atoms with Crippen LogP contribution in [-0.4, -0.2) is 23.4 Å². The fraction of sp³-hybridized carbons (Fsp3) is 0.200. The van der Waals surface area contributed by atoms with E-state index in [0.717, 1.165) is 26.9 Å². The van der Waals surface area contributed by atoms with Gasteiger partial charge in [-0.15, -0.1) is 0 Å². The molecule has 4 nitrogen and oxygen atoms in total. The monoisotopic (exact) mass is 463 g/mol. The quantitative estimate of drug-likeness (QED) is 0.370. The van der Waals surface area contributed by atoms with Crippen molar-refractivity contribution in [2.45, 2.75) is 13.8 Å². The van der Waals surface area contributed by atoms with Gasteiger partial charge in [-0.3, -0.25) is 4.79 Å². The number of thioether (sulfide) groups is 1. The van der Waals surface area contributed by atoms with Crippen LogP contribution in [-0.2, 0) is 4.79 Å². The van der Waals surface area contributed by atoms with E-state index in [1.165, 1.54) is 11.8 Å². The molecule has 0 bridgehead atoms. The maximum Gasteiger partial charge on any atom is 0.263 e. The highest BCUT2D eigenvalue weighted by atomic mass is 79.9. The van der Waals surface area contributed by atoms with Gasteiger partial charge in [-0.2, -0.15) is 0 Å². The Kier molecular flexibility index (Phi) is 6.57. The van der Waals surface area contributed by atoms with Crippen molar-refractivity contribution in [3.8, 4) is 11.5 Å². The standard InChI is InChI=1S/C20H18BrNO3S2/c1-12-3-4-13(2)17(9-12)25-8-7-24-16-6-5-15(21)10-14(16)11-18-19(23)22-20(26)27-18/h3-6,9-11H,7-8H2,1-2H3,(H,22,23,26)/b18-11-. The predicted molar refractivity (Wildman–Crippen MR) is 117 cm³/mol. The van der Waals surface area contributed by atoms with Crippen LogP contribution in [0.15, 0.2) is 45.8 Å². The first kappa shape index (κ1) is 19.9. The maximum absolute atomic E-state index is 11.9. The highest BCUT2D eigenvalue weighted by Gasteiger charge is 2.22. The third kappa shape index (κ3) is 5.34. The van der Waals surface area contributed by atoms with Crippen molar-refractivity contribution in [2.24, 2.45) is 0 Å². The molecule has 2 aromatic carbocycles. The molecule has 2 aromatic rings. The Hall–Kier alpha value is -1.83. The first-order chi connectivity index (χ1) is 12.9. The molecule has 0 spiro atoms. The van der Waals surface area contributed by atoms with Crippen LogP contribution in [0.2, 0.25) is 0 Å². The zero-order chi connectivity index (χ0) is 19.4. The van der Waals surface area contributed by atoms with E-state index >= 15 is 0 Å². The van der Waals surface area contributed by atoms with E-state index in [9.17, 15) is 4.79 Å². The molecule has 27 heavy (non-hydrogen) atoms. The maximum atomic E-state index is 11.9. The smallest absolute Gasteiger partial charge is 0.263 e. The Balaban J connectivity index is 1.67. The number of ether oxygens (including phenoxy) is 2. The van der Waals surface area contributed by atoms with Crippen LogP contribution in [0.5, 0.6) is 11.5 Å². The number of nitrogens with one attached hydrogen (secondary N) is 1. The van der Waals surface area contributed by atoms with E-state index in [-0.39, 0.29) is 5.91 Å². The van der Waals surface area contributed by atoms with Crippen LogP contribution >= 0.6 is 39.9 Å². The Morgan fingerprint density at radius 3 is 2.56 bits per heavy atom. The number of amides is 1. The summed E-state index contributed by atoms with van der Waals surface area (Å²) in [5, 5.41) is 2.62. The Morgan fingerprint density at radius 2 is 1.85 bits per heavy atom. The molecule has 0 radical (unpaired) electrons. The van der Waals surface area contributed by atoms with Crippen molar-refractivity contribution in [3.05, 3.63) is 62.5 Å². The minimum Gasteiger partial charge on any atom is -0.490 e. The molecule has 1 N–H and O–H groups in total. The van der Waals surface area contributed by atoms with Gasteiger partial charge in [0, 0.05) is 10.0 Å². The number of rotatable bonds is 6. The van der Waals surface area contributed by atoms with E-state index < -0.39 is 0 Å². The molecule has 0 saturated carbocycles. The van der Waals surface area contributed by atoms with E-state index in [0.29, 0.717) is 28.2 Å². The van der Waals surface area contributed by atoms with E-state index in [2.05, 4.69) is 27.3 Å². The second-order valence-electron chi connectivity index (χ2n) is 6.00. The number of benzene rings is 2. The summed E-state index contributed by atoms with van der Waals surface area (Å²) < 4.78 is 13.1. The first-order valence-corrected chi connectivity index (χ1v) is 10.3. The van der Waals surface area contributed by atoms with Crippen LogP contribution < -0.4 is 14.8 Å². The topological polar surface area (TPSA) is 47.6 Å². The minimum absolute atomic E-state index is 0.186. The number of aryl methyl sites for hydroxylation is 2. The molecule has 0 unspecified atom stereocenters. The van der Waals surface area contributed by atoms with Gasteiger partial charge in [0.05, 0.1) is 4.91 Å². The lowest BCUT2D eigenvalue weighted by Gasteiger charge is -2.13. The van der Waals surface area contributed by atoms with Crippen LogP contribution in [0.3, 0.4) is 0 Å². The van der Waals surface area contributed by atoms with Gasteiger partial charge in [-0.1, -0.05) is 52.0 Å². The van der Waals surface area contributed by atoms with Crippen molar-refractivity contribution in [2.75, 3.05) is 13.2 Å². The van der Waals surface area contributed by atoms with Gasteiger partial charge in [0.15, 0.2) is 0 Å². The summed E-state index contributed by atoms with van der Waals surface area (Å²) in [6.07, 6.45) is 1.78. The summed E-state index contributed by atoms with van der Waals surface area (Å²) in [4.78, 5) is 12.5. The molecule has 1 aliphatic rings. The third-order valence-corrected chi connectivity index (χ3v) is 5.50. The minimum atomic E-state index is -0.186. The number of hydrogen-bond acceptors (Lipinski definition) is 5. The number of halogens is 1. The lowest BCUT2D eigenvalue weighted by molar-refractivity contribution is -0.115. The largest absolute Gasteiger partial charge is 0.490 e. The lowest BCUT2D eigenvalue weighted by atomic mass is 10.1. The molecule has 0 atom stereocenters. The fourth-order valence-corrected chi connectivity index (χ4v) is 3.91. The molecule has 0 aromatic heterocycles. The molecule has 1 fully saturated rings. The lowest BCUT2D eigenvalue weighted by Crippen LogP contribution is -2.17. The van der Waals surface area contributed by atoms with E-state index in [1.807, 2.05) is 44.2 Å². The van der Waals surface area contributed by atoms with Crippen LogP contribution in [0.25, 0.3) is 6.08 Å². The summed E-state index contributed by atoms with van der Waals surface area (Å²) in [7, 11) is 0. The van der Waals surface area contributed by atoms with Crippen molar-refractivity contribution in [1.29, 1.82) is 0 Å². The molecule has 3 rings (SSSR count). The molecule has 0 aliphatic carbocycles. The average Bonchev–Trinajstić information content (AvgIpc) is 2.93. The van der Waals surface area contributed by atoms with Gasteiger partial charge in [0.1, 0.15) is 29.0 Å². The average molecular weight is 464 g/mol. The van der Waals surface area contributed by atoms with Gasteiger partial charge in [0.2, 0.25) is 0 Å². The highest BCUT2D eigenvalue weighted by Crippen LogP contribution is 2.31. The molecule has 1 amide bonds. The molecular formula is C20H18BrNO3S2. The van der Waals surface area contributed by atoms with Crippen molar-refractivity contribution < 1.29 is 14.3 Å².